The van der Waals surface area contributed by atoms with E-state index in [9.17, 15) is 4.79 Å². The molecule has 0 saturated heterocycles. The fourth-order valence-corrected chi connectivity index (χ4v) is 1.66. The fourth-order valence-electron chi connectivity index (χ4n) is 1.66. The van der Waals surface area contributed by atoms with E-state index in [0.717, 1.165) is 5.56 Å². The maximum Gasteiger partial charge on any atom is 0.310 e. The summed E-state index contributed by atoms with van der Waals surface area (Å²) in [6, 6.07) is 11.3. The fraction of sp³-hybridized carbons (Fsp3) is 0.286. The van der Waals surface area contributed by atoms with Crippen LogP contribution in [-0.2, 0) is 22.7 Å². The van der Waals surface area contributed by atoms with Crippen LogP contribution in [0.4, 0.5) is 0 Å². The van der Waals surface area contributed by atoms with Gasteiger partial charge in [-0.1, -0.05) is 37.3 Å². The number of rotatable bonds is 5. The summed E-state index contributed by atoms with van der Waals surface area (Å²) in [6.07, 6.45) is 1.43. The van der Waals surface area contributed by atoms with E-state index in [1.165, 1.54) is 11.0 Å². The molecule has 0 aliphatic rings. The summed E-state index contributed by atoms with van der Waals surface area (Å²) in [5.41, 5.74) is 0.945. The van der Waals surface area contributed by atoms with Crippen LogP contribution in [0.1, 0.15) is 18.3 Å². The summed E-state index contributed by atoms with van der Waals surface area (Å²) in [5.74, 6) is -0.565. The second-order valence-electron chi connectivity index (χ2n) is 4.40. The van der Waals surface area contributed by atoms with Gasteiger partial charge in [0.2, 0.25) is 0 Å². The van der Waals surface area contributed by atoms with Gasteiger partial charge in [-0.15, -0.1) is 5.10 Å². The number of ether oxygens (including phenoxy) is 1. The van der Waals surface area contributed by atoms with Crippen LogP contribution in [0, 0.1) is 17.2 Å². The summed E-state index contributed by atoms with van der Waals surface area (Å²) in [7, 11) is 0. The van der Waals surface area contributed by atoms with Crippen molar-refractivity contribution in [2.45, 2.75) is 20.1 Å². The van der Waals surface area contributed by atoms with Crippen LogP contribution in [0.2, 0.25) is 0 Å². The molecule has 102 valence electrons. The maximum absolute atomic E-state index is 11.8. The molecule has 0 radical (unpaired) electrons. The Labute approximate surface area is 116 Å². The number of carbonyl (C=O) groups is 1. The summed E-state index contributed by atoms with van der Waals surface area (Å²) in [6.45, 7) is 2.34. The van der Waals surface area contributed by atoms with Gasteiger partial charge in [0.25, 0.3) is 5.82 Å². The van der Waals surface area contributed by atoms with Gasteiger partial charge in [0.05, 0.1) is 12.5 Å². The molecule has 0 aliphatic heterocycles. The number of benzene rings is 1. The van der Waals surface area contributed by atoms with Crippen molar-refractivity contribution in [2.24, 2.45) is 5.92 Å². The van der Waals surface area contributed by atoms with Crippen molar-refractivity contribution in [2.75, 3.05) is 0 Å². The van der Waals surface area contributed by atoms with Crippen molar-refractivity contribution >= 4 is 5.97 Å². The second-order valence-corrected chi connectivity index (χ2v) is 4.40. The molecule has 1 unspecified atom stereocenters. The van der Waals surface area contributed by atoms with Crippen LogP contribution < -0.4 is 0 Å². The molecule has 0 saturated carbocycles. The van der Waals surface area contributed by atoms with Crippen LogP contribution in [0.25, 0.3) is 0 Å². The van der Waals surface area contributed by atoms with E-state index in [0.29, 0.717) is 6.54 Å². The highest BCUT2D eigenvalue weighted by atomic mass is 16.5. The van der Waals surface area contributed by atoms with Gasteiger partial charge in [0.1, 0.15) is 19.0 Å². The molecule has 0 N–H and O–H groups in total. The highest BCUT2D eigenvalue weighted by molar-refractivity contribution is 5.71. The van der Waals surface area contributed by atoms with Gasteiger partial charge in [-0.25, -0.2) is 4.98 Å². The van der Waals surface area contributed by atoms with Crippen molar-refractivity contribution in [1.29, 1.82) is 5.26 Å². The van der Waals surface area contributed by atoms with Gasteiger partial charge in [0.15, 0.2) is 0 Å². The monoisotopic (exact) mass is 270 g/mol. The zero-order chi connectivity index (χ0) is 14.4. The van der Waals surface area contributed by atoms with Gasteiger partial charge in [0, 0.05) is 0 Å². The average molecular weight is 270 g/mol. The first kappa shape index (κ1) is 13.7. The van der Waals surface area contributed by atoms with E-state index in [-0.39, 0.29) is 24.3 Å². The molecular weight excluding hydrogens is 256 g/mol. The van der Waals surface area contributed by atoms with Crippen LogP contribution in [0.15, 0.2) is 36.7 Å². The molecule has 20 heavy (non-hydrogen) atoms. The van der Waals surface area contributed by atoms with E-state index >= 15 is 0 Å². The maximum atomic E-state index is 11.8. The topological polar surface area (TPSA) is 80.8 Å². The van der Waals surface area contributed by atoms with Crippen LogP contribution in [0.5, 0.6) is 0 Å². The molecule has 2 rings (SSSR count). The summed E-state index contributed by atoms with van der Waals surface area (Å²) >= 11 is 0. The predicted octanol–water partition coefficient (Wildman–Crippen LogP) is 1.53. The first-order valence-electron chi connectivity index (χ1n) is 6.19. The minimum absolute atomic E-state index is 0.0925. The van der Waals surface area contributed by atoms with Crippen LogP contribution in [0.3, 0.4) is 0 Å². The number of carbonyl (C=O) groups excluding carboxylic acids is 1. The largest absolute Gasteiger partial charge is 0.461 e. The third-order valence-electron chi connectivity index (χ3n) is 2.72. The van der Waals surface area contributed by atoms with Gasteiger partial charge in [-0.05, 0) is 5.56 Å². The minimum Gasteiger partial charge on any atom is -0.461 e. The van der Waals surface area contributed by atoms with E-state index in [4.69, 9.17) is 10.00 Å². The van der Waals surface area contributed by atoms with Gasteiger partial charge >= 0.3 is 5.97 Å². The number of nitriles is 1. The Balaban J connectivity index is 1.84. The predicted molar refractivity (Wildman–Crippen MR) is 70.1 cm³/mol. The molecule has 2 aromatic rings. The smallest absolute Gasteiger partial charge is 0.310 e. The first-order valence-corrected chi connectivity index (χ1v) is 6.19. The van der Waals surface area contributed by atoms with Crippen molar-refractivity contribution in [3.8, 4) is 6.07 Å². The third kappa shape index (κ3) is 3.65. The van der Waals surface area contributed by atoms with E-state index < -0.39 is 0 Å². The van der Waals surface area contributed by atoms with Crippen molar-refractivity contribution in [3.05, 3.63) is 48.0 Å². The first-order chi connectivity index (χ1) is 9.69. The molecule has 0 amide bonds. The van der Waals surface area contributed by atoms with Crippen molar-refractivity contribution in [1.82, 2.24) is 14.8 Å². The number of hydrogen-bond donors (Lipinski definition) is 0. The summed E-state index contributed by atoms with van der Waals surface area (Å²) in [4.78, 5) is 15.6. The van der Waals surface area contributed by atoms with Gasteiger partial charge < -0.3 is 4.74 Å². The number of nitrogens with zero attached hydrogens (tertiary/aromatic N) is 4. The SMILES string of the molecule is CC(Cn1cnc(C#N)n1)C(=O)OCc1ccccc1. The van der Waals surface area contributed by atoms with E-state index in [1.807, 2.05) is 36.4 Å². The number of hydrogen-bond acceptors (Lipinski definition) is 5. The second kappa shape index (κ2) is 6.48. The molecule has 0 spiro atoms. The lowest BCUT2D eigenvalue weighted by molar-refractivity contribution is -0.149. The number of aromatic nitrogens is 3. The van der Waals surface area contributed by atoms with Gasteiger partial charge in [-0.2, -0.15) is 5.26 Å². The Kier molecular flexibility index (Phi) is 4.45. The highest BCUT2D eigenvalue weighted by Gasteiger charge is 2.16. The quantitative estimate of drug-likeness (QED) is 0.769. The lowest BCUT2D eigenvalue weighted by Crippen LogP contribution is -2.20. The Hall–Kier alpha value is -2.68. The molecule has 1 heterocycles. The number of esters is 1. The third-order valence-corrected chi connectivity index (χ3v) is 2.72. The Morgan fingerprint density at radius 2 is 2.20 bits per heavy atom. The van der Waals surface area contributed by atoms with Crippen LogP contribution in [-0.4, -0.2) is 20.7 Å². The van der Waals surface area contributed by atoms with E-state index in [1.54, 1.807) is 6.92 Å². The normalized spacial score (nSPS) is 11.6. The molecule has 0 aliphatic carbocycles. The van der Waals surface area contributed by atoms with Gasteiger partial charge in [-0.3, -0.25) is 9.48 Å². The standard InChI is InChI=1S/C14H14N4O2/c1-11(8-18-10-16-13(7-15)17-18)14(19)20-9-12-5-3-2-4-6-12/h2-6,10-11H,8-9H2,1H3. The Bertz CT molecular complexity index is 616. The van der Waals surface area contributed by atoms with Crippen molar-refractivity contribution in [3.63, 3.8) is 0 Å². The van der Waals surface area contributed by atoms with Crippen molar-refractivity contribution < 1.29 is 9.53 Å². The molecule has 6 heteroatoms. The minimum atomic E-state index is -0.355. The van der Waals surface area contributed by atoms with E-state index in [2.05, 4.69) is 10.1 Å². The summed E-state index contributed by atoms with van der Waals surface area (Å²) < 4.78 is 6.70. The molecular formula is C14H14N4O2. The molecule has 0 bridgehead atoms. The van der Waals surface area contributed by atoms with Crippen LogP contribution >= 0.6 is 0 Å². The zero-order valence-electron chi connectivity index (χ0n) is 11.1. The molecule has 1 aromatic carbocycles. The molecule has 6 nitrogen and oxygen atoms in total. The lowest BCUT2D eigenvalue weighted by Gasteiger charge is -2.11. The summed E-state index contributed by atoms with van der Waals surface area (Å²) in [5, 5.41) is 12.5. The molecule has 1 aromatic heterocycles. The lowest BCUT2D eigenvalue weighted by atomic mass is 10.2. The highest BCUT2D eigenvalue weighted by Crippen LogP contribution is 2.06. The Morgan fingerprint density at radius 1 is 1.45 bits per heavy atom. The molecule has 1 atom stereocenters. The zero-order valence-corrected chi connectivity index (χ0v) is 11.1. The average Bonchev–Trinajstić information content (AvgIpc) is 2.93. The Morgan fingerprint density at radius 3 is 2.85 bits per heavy atom. The molecule has 0 fully saturated rings.